The Balaban J connectivity index is 1.64. The van der Waals surface area contributed by atoms with Gasteiger partial charge in [-0.15, -0.1) is 0 Å². The van der Waals surface area contributed by atoms with Crippen LogP contribution in [0.1, 0.15) is 5.56 Å². The Hall–Kier alpha value is -3.33. The number of aryl methyl sites for hydroxylation is 2. The summed E-state index contributed by atoms with van der Waals surface area (Å²) in [4.78, 5) is 12.9. The van der Waals surface area contributed by atoms with Gasteiger partial charge in [0.25, 0.3) is 0 Å². The summed E-state index contributed by atoms with van der Waals surface area (Å²) in [7, 11) is 3.22. The molecule has 0 saturated carbocycles. The molecule has 0 aliphatic rings. The maximum Gasteiger partial charge on any atom is 0.173 e. The van der Waals surface area contributed by atoms with Crippen LogP contribution in [0.4, 0.5) is 4.39 Å². The number of H-pyrrole nitrogens is 1. The summed E-state index contributed by atoms with van der Waals surface area (Å²) in [6, 6.07) is 12.0. The molecule has 154 valence electrons. The van der Waals surface area contributed by atoms with Gasteiger partial charge in [-0.3, -0.25) is 5.41 Å². The van der Waals surface area contributed by atoms with Gasteiger partial charge in [0.1, 0.15) is 22.8 Å². The largest absolute Gasteiger partial charge is 0.497 e. The molecule has 2 N–H and O–H groups in total. The standard InChI is InChI=1S/C21H20FN5O2S/c1-28-15-7-8-16(29-2)17(11-15)30-21-25-18-19(23)24-12-27(20(18)26-21)10-9-13-3-5-14(22)6-4-13/h3-8,11-12,23H,9-10H2,1-2H3,(H,25,26). The van der Waals surface area contributed by atoms with Crippen molar-refractivity contribution in [3.8, 4) is 11.5 Å². The van der Waals surface area contributed by atoms with Gasteiger partial charge < -0.3 is 19.0 Å². The molecule has 0 atom stereocenters. The molecule has 0 bridgehead atoms. The van der Waals surface area contributed by atoms with Gasteiger partial charge >= 0.3 is 0 Å². The first-order valence-electron chi connectivity index (χ1n) is 9.21. The highest BCUT2D eigenvalue weighted by Crippen LogP contribution is 2.36. The van der Waals surface area contributed by atoms with E-state index in [0.29, 0.717) is 40.8 Å². The number of hydrogen-bond donors (Lipinski definition) is 2. The zero-order chi connectivity index (χ0) is 21.1. The summed E-state index contributed by atoms with van der Waals surface area (Å²) >= 11 is 1.39. The Kier molecular flexibility index (Phi) is 5.71. The smallest absolute Gasteiger partial charge is 0.173 e. The fourth-order valence-electron chi connectivity index (χ4n) is 3.04. The lowest BCUT2D eigenvalue weighted by Crippen LogP contribution is -2.13. The normalized spacial score (nSPS) is 11.0. The van der Waals surface area contributed by atoms with Gasteiger partial charge in [0.15, 0.2) is 16.3 Å². The number of imidazole rings is 1. The number of halogens is 1. The summed E-state index contributed by atoms with van der Waals surface area (Å²) in [5.41, 5.74) is 2.33. The van der Waals surface area contributed by atoms with Crippen LogP contribution in [-0.4, -0.2) is 33.7 Å². The number of rotatable bonds is 7. The minimum Gasteiger partial charge on any atom is -0.497 e. The van der Waals surface area contributed by atoms with Crippen molar-refractivity contribution in [2.24, 2.45) is 0 Å². The lowest BCUT2D eigenvalue weighted by atomic mass is 10.1. The van der Waals surface area contributed by atoms with Gasteiger partial charge in [-0.25, -0.2) is 14.4 Å². The summed E-state index contributed by atoms with van der Waals surface area (Å²) in [5, 5.41) is 8.74. The molecule has 4 aromatic rings. The molecular formula is C21H20FN5O2S. The van der Waals surface area contributed by atoms with Gasteiger partial charge in [-0.2, -0.15) is 0 Å². The first-order valence-corrected chi connectivity index (χ1v) is 10.0. The summed E-state index contributed by atoms with van der Waals surface area (Å²) < 4.78 is 25.7. The highest BCUT2D eigenvalue weighted by atomic mass is 32.2. The van der Waals surface area contributed by atoms with Crippen LogP contribution in [0.25, 0.3) is 11.2 Å². The van der Waals surface area contributed by atoms with Crippen molar-refractivity contribution in [2.45, 2.75) is 23.0 Å². The van der Waals surface area contributed by atoms with Crippen LogP contribution < -0.4 is 15.0 Å². The molecule has 2 aromatic heterocycles. The Labute approximate surface area is 176 Å². The number of benzene rings is 2. The number of aromatic nitrogens is 4. The molecular weight excluding hydrogens is 405 g/mol. The second kappa shape index (κ2) is 8.58. The first-order chi connectivity index (χ1) is 14.6. The lowest BCUT2D eigenvalue weighted by Gasteiger charge is -2.08. The van der Waals surface area contributed by atoms with Crippen LogP contribution in [0.5, 0.6) is 11.5 Å². The summed E-state index contributed by atoms with van der Waals surface area (Å²) in [6.07, 6.45) is 2.30. The van der Waals surface area contributed by atoms with Crippen LogP contribution in [0.3, 0.4) is 0 Å². The minimum absolute atomic E-state index is 0.125. The summed E-state index contributed by atoms with van der Waals surface area (Å²) in [6.45, 7) is 0.604. The van der Waals surface area contributed by atoms with Crippen molar-refractivity contribution in [3.05, 3.63) is 65.7 Å². The van der Waals surface area contributed by atoms with Gasteiger partial charge in [-0.05, 0) is 54.1 Å². The number of aromatic amines is 1. The molecule has 0 fully saturated rings. The summed E-state index contributed by atoms with van der Waals surface area (Å²) in [5.74, 6) is 1.16. The van der Waals surface area contributed by atoms with Crippen molar-refractivity contribution >= 4 is 22.9 Å². The number of methoxy groups -OCH3 is 2. The molecule has 2 aromatic carbocycles. The maximum absolute atomic E-state index is 13.1. The molecule has 0 aliphatic carbocycles. The van der Waals surface area contributed by atoms with Gasteiger partial charge in [-0.1, -0.05) is 12.1 Å². The van der Waals surface area contributed by atoms with E-state index in [0.717, 1.165) is 10.5 Å². The molecule has 0 radical (unpaired) electrons. The maximum atomic E-state index is 13.1. The van der Waals surface area contributed by atoms with E-state index in [9.17, 15) is 4.39 Å². The molecule has 9 heteroatoms. The highest BCUT2D eigenvalue weighted by molar-refractivity contribution is 7.99. The molecule has 0 amide bonds. The predicted molar refractivity (Wildman–Crippen MR) is 112 cm³/mol. The quantitative estimate of drug-likeness (QED) is 0.470. The fourth-order valence-corrected chi connectivity index (χ4v) is 3.96. The van der Waals surface area contributed by atoms with E-state index >= 15 is 0 Å². The van der Waals surface area contributed by atoms with Crippen LogP contribution in [-0.2, 0) is 13.0 Å². The van der Waals surface area contributed by atoms with E-state index < -0.39 is 0 Å². The molecule has 2 heterocycles. The fraction of sp³-hybridized carbons (Fsp3) is 0.190. The zero-order valence-electron chi connectivity index (χ0n) is 16.5. The number of hydrogen-bond acceptors (Lipinski definition) is 6. The molecule has 0 spiro atoms. The Morgan fingerprint density at radius 1 is 1.13 bits per heavy atom. The van der Waals surface area contributed by atoms with E-state index in [-0.39, 0.29) is 11.3 Å². The van der Waals surface area contributed by atoms with Crippen molar-refractivity contribution in [2.75, 3.05) is 14.2 Å². The van der Waals surface area contributed by atoms with Gasteiger partial charge in [0.05, 0.1) is 25.4 Å². The van der Waals surface area contributed by atoms with Crippen molar-refractivity contribution in [1.82, 2.24) is 19.5 Å². The molecule has 0 unspecified atom stereocenters. The zero-order valence-corrected chi connectivity index (χ0v) is 17.3. The predicted octanol–water partition coefficient (Wildman–Crippen LogP) is 3.79. The molecule has 7 nitrogen and oxygen atoms in total. The highest BCUT2D eigenvalue weighted by Gasteiger charge is 2.13. The third-order valence-electron chi connectivity index (χ3n) is 4.63. The number of ether oxygens (including phenoxy) is 2. The number of nitrogens with one attached hydrogen (secondary N) is 2. The van der Waals surface area contributed by atoms with Crippen molar-refractivity contribution in [3.63, 3.8) is 0 Å². The SMILES string of the molecule is COc1ccc(OC)c(Sc2nc3c([nH]2)c(=N)ncn3CCc2ccc(F)cc2)c1. The van der Waals surface area contributed by atoms with Gasteiger partial charge in [0.2, 0.25) is 0 Å². The van der Waals surface area contributed by atoms with E-state index in [1.54, 1.807) is 32.7 Å². The number of nitrogens with zero attached hydrogens (tertiary/aromatic N) is 3. The van der Waals surface area contributed by atoms with Crippen molar-refractivity contribution < 1.29 is 13.9 Å². The second-order valence-electron chi connectivity index (χ2n) is 6.52. The van der Waals surface area contributed by atoms with Crippen LogP contribution >= 0.6 is 11.8 Å². The average Bonchev–Trinajstić information content (AvgIpc) is 3.19. The van der Waals surface area contributed by atoms with E-state index in [2.05, 4.69) is 15.0 Å². The van der Waals surface area contributed by atoms with E-state index in [1.165, 1.54) is 23.9 Å². The van der Waals surface area contributed by atoms with Gasteiger partial charge in [0, 0.05) is 6.54 Å². The average molecular weight is 425 g/mol. The Morgan fingerprint density at radius 3 is 2.67 bits per heavy atom. The molecule has 0 aliphatic heterocycles. The monoisotopic (exact) mass is 425 g/mol. The Morgan fingerprint density at radius 2 is 1.93 bits per heavy atom. The molecule has 4 rings (SSSR count). The molecule has 30 heavy (non-hydrogen) atoms. The van der Waals surface area contributed by atoms with Crippen LogP contribution in [0.15, 0.2) is 58.8 Å². The topological polar surface area (TPSA) is 88.8 Å². The second-order valence-corrected chi connectivity index (χ2v) is 7.55. The van der Waals surface area contributed by atoms with Crippen LogP contribution in [0, 0.1) is 11.2 Å². The van der Waals surface area contributed by atoms with E-state index in [4.69, 9.17) is 14.9 Å². The third-order valence-corrected chi connectivity index (χ3v) is 5.56. The lowest BCUT2D eigenvalue weighted by molar-refractivity contribution is 0.394. The molecule has 0 saturated heterocycles. The van der Waals surface area contributed by atoms with Crippen molar-refractivity contribution in [1.29, 1.82) is 5.41 Å². The minimum atomic E-state index is -0.254. The Bertz CT molecular complexity index is 1240. The first kappa shape index (κ1) is 20.0. The van der Waals surface area contributed by atoms with E-state index in [1.807, 2.05) is 22.8 Å². The van der Waals surface area contributed by atoms with Crippen LogP contribution in [0.2, 0.25) is 0 Å². The number of fused-ring (bicyclic) bond motifs is 1. The third kappa shape index (κ3) is 4.16.